The van der Waals surface area contributed by atoms with Crippen molar-refractivity contribution in [2.75, 3.05) is 18.4 Å². The molecule has 1 aromatic heterocycles. The lowest BCUT2D eigenvalue weighted by molar-refractivity contribution is -0.140. The minimum absolute atomic E-state index is 0.365. The molecule has 0 bridgehead atoms. The van der Waals surface area contributed by atoms with Crippen molar-refractivity contribution in [3.63, 3.8) is 0 Å². The van der Waals surface area contributed by atoms with Crippen LogP contribution in [-0.4, -0.2) is 39.0 Å². The Labute approximate surface area is 180 Å². The number of benzene rings is 1. The highest BCUT2D eigenvalue weighted by molar-refractivity contribution is 7.99. The highest BCUT2D eigenvalue weighted by atomic mass is 32.2. The third kappa shape index (κ3) is 3.28. The third-order valence-corrected chi connectivity index (χ3v) is 8.59. The van der Waals surface area contributed by atoms with Crippen LogP contribution in [0.1, 0.15) is 37.7 Å². The Kier molecular flexibility index (Phi) is 4.32. The monoisotopic (exact) mass is 422 g/mol. The fraction of sp³-hybridized carbons (Fsp3) is 0.522. The van der Waals surface area contributed by atoms with Crippen molar-refractivity contribution in [3.8, 4) is 0 Å². The molecule has 4 aliphatic rings. The third-order valence-electron chi connectivity index (χ3n) is 7.52. The van der Waals surface area contributed by atoms with Gasteiger partial charge in [0, 0.05) is 43.3 Å². The van der Waals surface area contributed by atoms with Gasteiger partial charge in [0.15, 0.2) is 5.82 Å². The summed E-state index contributed by atoms with van der Waals surface area (Å²) in [6, 6.07) is 6.70. The summed E-state index contributed by atoms with van der Waals surface area (Å²) < 4.78 is 0. The van der Waals surface area contributed by atoms with Crippen LogP contribution < -0.4 is 5.32 Å². The van der Waals surface area contributed by atoms with Crippen molar-refractivity contribution in [3.05, 3.63) is 36.2 Å². The van der Waals surface area contributed by atoms with E-state index in [0.29, 0.717) is 17.8 Å². The van der Waals surface area contributed by atoms with Crippen molar-refractivity contribution in [1.29, 1.82) is 0 Å². The van der Waals surface area contributed by atoms with Crippen molar-refractivity contribution >= 4 is 29.2 Å². The summed E-state index contributed by atoms with van der Waals surface area (Å²) in [5.74, 6) is 2.23. The van der Waals surface area contributed by atoms with Gasteiger partial charge in [0.25, 0.3) is 0 Å². The van der Waals surface area contributed by atoms with Crippen LogP contribution in [0.4, 0.5) is 11.5 Å². The average Bonchev–Trinajstić information content (AvgIpc) is 3.21. The molecule has 0 radical (unpaired) electrons. The predicted molar refractivity (Wildman–Crippen MR) is 115 cm³/mol. The Morgan fingerprint density at radius 1 is 1.17 bits per heavy atom. The molecule has 1 saturated heterocycles. The van der Waals surface area contributed by atoms with Crippen LogP contribution in [0.3, 0.4) is 0 Å². The number of anilines is 2. The van der Waals surface area contributed by atoms with Crippen LogP contribution in [-0.2, 0) is 11.3 Å². The number of carbonyl (C=O) groups is 1. The second-order valence-corrected chi connectivity index (χ2v) is 10.8. The summed E-state index contributed by atoms with van der Waals surface area (Å²) >= 11 is 1.67. The molecule has 2 saturated carbocycles. The van der Waals surface area contributed by atoms with Crippen LogP contribution in [0.5, 0.6) is 0 Å². The van der Waals surface area contributed by atoms with Crippen molar-refractivity contribution in [1.82, 2.24) is 14.9 Å². The Bertz CT molecular complexity index is 990. The van der Waals surface area contributed by atoms with E-state index in [9.17, 15) is 4.79 Å². The van der Waals surface area contributed by atoms with E-state index in [0.717, 1.165) is 47.8 Å². The highest BCUT2D eigenvalue weighted by Crippen LogP contribution is 2.61. The van der Waals surface area contributed by atoms with E-state index in [1.807, 2.05) is 0 Å². The quantitative estimate of drug-likeness (QED) is 0.645. The van der Waals surface area contributed by atoms with E-state index in [1.54, 1.807) is 24.2 Å². The molecule has 1 aromatic carbocycles. The summed E-state index contributed by atoms with van der Waals surface area (Å²) in [6.45, 7) is 3.36. The number of carboxylic acids is 1. The van der Waals surface area contributed by atoms with E-state index in [2.05, 4.69) is 38.4 Å². The summed E-state index contributed by atoms with van der Waals surface area (Å²) in [7, 11) is 0. The van der Waals surface area contributed by atoms with Crippen LogP contribution in [0.25, 0.3) is 0 Å². The summed E-state index contributed by atoms with van der Waals surface area (Å²) in [5.41, 5.74) is 2.94. The first-order valence-electron chi connectivity index (χ1n) is 10.9. The second-order valence-electron chi connectivity index (χ2n) is 9.76. The van der Waals surface area contributed by atoms with Gasteiger partial charge in [0.05, 0.1) is 5.69 Å². The van der Waals surface area contributed by atoms with Gasteiger partial charge >= 0.3 is 5.97 Å². The SMILES string of the molecule is O=C(O)CC1CC2(C1)CC1CN(Cc3ccc4c(c3)Nc3nccnc3S4)CC1C2. The maximum absolute atomic E-state index is 10.9. The zero-order chi connectivity index (χ0) is 20.3. The van der Waals surface area contributed by atoms with Gasteiger partial charge in [-0.2, -0.15) is 0 Å². The molecule has 2 atom stereocenters. The lowest BCUT2D eigenvalue weighted by Crippen LogP contribution is -2.37. The molecule has 7 heteroatoms. The lowest BCUT2D eigenvalue weighted by Gasteiger charge is -2.46. The zero-order valence-electron chi connectivity index (χ0n) is 16.9. The van der Waals surface area contributed by atoms with Crippen molar-refractivity contribution < 1.29 is 9.90 Å². The summed E-state index contributed by atoms with van der Waals surface area (Å²) in [6.07, 6.45) is 8.73. The molecule has 2 aromatic rings. The number of likely N-dealkylation sites (tertiary alicyclic amines) is 1. The lowest BCUT2D eigenvalue weighted by atomic mass is 9.59. The number of hydrogen-bond donors (Lipinski definition) is 2. The van der Waals surface area contributed by atoms with Gasteiger partial charge in [-0.05, 0) is 66.5 Å². The fourth-order valence-electron chi connectivity index (χ4n) is 6.55. The Hall–Kier alpha value is -2.12. The number of nitrogens with one attached hydrogen (secondary N) is 1. The van der Waals surface area contributed by atoms with E-state index in [1.165, 1.54) is 36.4 Å². The minimum Gasteiger partial charge on any atom is -0.481 e. The Morgan fingerprint density at radius 2 is 1.93 bits per heavy atom. The van der Waals surface area contributed by atoms with E-state index in [4.69, 9.17) is 5.11 Å². The normalized spacial score (nSPS) is 31.5. The number of carboxylic acid groups (broad SMARTS) is 1. The van der Waals surface area contributed by atoms with Gasteiger partial charge in [-0.1, -0.05) is 17.8 Å². The van der Waals surface area contributed by atoms with Gasteiger partial charge < -0.3 is 10.4 Å². The largest absolute Gasteiger partial charge is 0.481 e. The Balaban J connectivity index is 1.07. The molecular formula is C23H26N4O2S. The first-order valence-corrected chi connectivity index (χ1v) is 11.7. The van der Waals surface area contributed by atoms with Gasteiger partial charge in [-0.15, -0.1) is 0 Å². The maximum Gasteiger partial charge on any atom is 0.303 e. The van der Waals surface area contributed by atoms with Gasteiger partial charge in [0.1, 0.15) is 5.03 Å². The first kappa shape index (κ1) is 18.6. The van der Waals surface area contributed by atoms with Crippen molar-refractivity contribution in [2.45, 2.75) is 48.6 Å². The molecule has 2 aliphatic carbocycles. The van der Waals surface area contributed by atoms with E-state index < -0.39 is 5.97 Å². The zero-order valence-corrected chi connectivity index (χ0v) is 17.7. The molecule has 6 nitrogen and oxygen atoms in total. The first-order chi connectivity index (χ1) is 14.6. The summed E-state index contributed by atoms with van der Waals surface area (Å²) in [4.78, 5) is 23.6. The molecule has 156 valence electrons. The Morgan fingerprint density at radius 3 is 2.70 bits per heavy atom. The molecule has 2 aliphatic heterocycles. The number of aromatic nitrogens is 2. The van der Waals surface area contributed by atoms with Gasteiger partial charge in [-0.3, -0.25) is 9.69 Å². The summed E-state index contributed by atoms with van der Waals surface area (Å²) in [5, 5.41) is 13.4. The highest BCUT2D eigenvalue weighted by Gasteiger charge is 2.54. The molecule has 3 heterocycles. The number of nitrogens with zero attached hydrogens (tertiary/aromatic N) is 3. The number of fused-ring (bicyclic) bond motifs is 3. The molecule has 2 unspecified atom stereocenters. The molecule has 3 fully saturated rings. The molecule has 1 spiro atoms. The van der Waals surface area contributed by atoms with Crippen molar-refractivity contribution in [2.24, 2.45) is 23.2 Å². The van der Waals surface area contributed by atoms with E-state index in [-0.39, 0.29) is 0 Å². The maximum atomic E-state index is 10.9. The minimum atomic E-state index is -0.632. The van der Waals surface area contributed by atoms with Gasteiger partial charge in [-0.25, -0.2) is 9.97 Å². The topological polar surface area (TPSA) is 78.4 Å². The second kappa shape index (κ2) is 6.95. The molecule has 6 rings (SSSR count). The molecule has 30 heavy (non-hydrogen) atoms. The average molecular weight is 423 g/mol. The van der Waals surface area contributed by atoms with Crippen LogP contribution in [0.15, 0.2) is 40.5 Å². The standard InChI is InChI=1S/C23H26N4O2S/c28-20(29)6-15-7-23(8-15)9-16-12-27(13-17(16)10-23)11-14-1-2-19-18(5-14)26-21-22(30-19)25-4-3-24-21/h1-5,15-17H,6-13H2,(H,24,26)(H,28,29). The predicted octanol–water partition coefficient (Wildman–Crippen LogP) is 4.40. The van der Waals surface area contributed by atoms with E-state index >= 15 is 0 Å². The number of rotatable bonds is 4. The van der Waals surface area contributed by atoms with Gasteiger partial charge in [0.2, 0.25) is 0 Å². The number of aliphatic carboxylic acids is 1. The van der Waals surface area contributed by atoms with Crippen LogP contribution >= 0.6 is 11.8 Å². The smallest absolute Gasteiger partial charge is 0.303 e. The molecule has 0 amide bonds. The molecule has 2 N–H and O–H groups in total. The van der Waals surface area contributed by atoms with Crippen LogP contribution in [0, 0.1) is 23.2 Å². The van der Waals surface area contributed by atoms with Crippen LogP contribution in [0.2, 0.25) is 0 Å². The fourth-order valence-corrected chi connectivity index (χ4v) is 7.43. The molecular weight excluding hydrogens is 396 g/mol. The number of hydrogen-bond acceptors (Lipinski definition) is 6.